The average Bonchev–Trinajstić information content (AvgIpc) is 2.90. The summed E-state index contributed by atoms with van der Waals surface area (Å²) in [7, 11) is 0. The fourth-order valence-electron chi connectivity index (χ4n) is 0.976. The van der Waals surface area contributed by atoms with Crippen molar-refractivity contribution in [3.63, 3.8) is 0 Å². The van der Waals surface area contributed by atoms with Crippen LogP contribution in [0.15, 0.2) is 24.2 Å². The summed E-state index contributed by atoms with van der Waals surface area (Å²) < 4.78 is 9.89. The molecule has 0 aromatic rings. The Morgan fingerprint density at radius 1 is 1.62 bits per heavy atom. The van der Waals surface area contributed by atoms with E-state index in [1.165, 1.54) is 6.26 Å². The molecule has 1 saturated carbocycles. The molecule has 1 amide bonds. The van der Waals surface area contributed by atoms with Crippen LogP contribution in [0.1, 0.15) is 12.8 Å². The highest BCUT2D eigenvalue weighted by Gasteiger charge is 2.24. The Morgan fingerprint density at radius 3 is 3.08 bits per heavy atom. The summed E-state index contributed by atoms with van der Waals surface area (Å²) in [5.74, 6) is 0.546. The standard InChI is InChI=1S/C9H11NO3/c11-9(10-7-1-2-7)13-8-3-5-12-6-4-8/h3-5,7H,1-2,6H2,(H,10,11). The third-order valence-electron chi connectivity index (χ3n) is 1.82. The van der Waals surface area contributed by atoms with Gasteiger partial charge in [-0.05, 0) is 18.9 Å². The second-order valence-corrected chi connectivity index (χ2v) is 3.05. The van der Waals surface area contributed by atoms with Crippen molar-refractivity contribution in [2.75, 3.05) is 6.61 Å². The fraction of sp³-hybridized carbons (Fsp3) is 0.444. The first-order valence-corrected chi connectivity index (χ1v) is 4.31. The van der Waals surface area contributed by atoms with Crippen LogP contribution in [0.5, 0.6) is 0 Å². The maximum absolute atomic E-state index is 11.1. The lowest BCUT2D eigenvalue weighted by atomic mass is 10.4. The van der Waals surface area contributed by atoms with Crippen LogP contribution < -0.4 is 5.32 Å². The molecule has 13 heavy (non-hydrogen) atoms. The molecular weight excluding hydrogens is 170 g/mol. The summed E-state index contributed by atoms with van der Waals surface area (Å²) in [5.41, 5.74) is 0. The maximum atomic E-state index is 11.1. The van der Waals surface area contributed by atoms with Crippen molar-refractivity contribution in [3.05, 3.63) is 24.2 Å². The molecule has 0 saturated heterocycles. The molecule has 1 N–H and O–H groups in total. The monoisotopic (exact) mass is 181 g/mol. The molecule has 0 unspecified atom stereocenters. The van der Waals surface area contributed by atoms with Crippen LogP contribution in [0, 0.1) is 0 Å². The number of carbonyl (C=O) groups excluding carboxylic acids is 1. The average molecular weight is 181 g/mol. The predicted octanol–water partition coefficient (Wildman–Crippen LogP) is 1.30. The van der Waals surface area contributed by atoms with Crippen molar-refractivity contribution < 1.29 is 14.3 Å². The molecule has 1 aliphatic heterocycles. The van der Waals surface area contributed by atoms with Crippen LogP contribution in [0.3, 0.4) is 0 Å². The molecule has 1 fully saturated rings. The van der Waals surface area contributed by atoms with Gasteiger partial charge in [0.15, 0.2) is 0 Å². The van der Waals surface area contributed by atoms with E-state index in [4.69, 9.17) is 9.47 Å². The molecule has 0 radical (unpaired) electrons. The Bertz CT molecular complexity index is 266. The summed E-state index contributed by atoms with van der Waals surface area (Å²) in [6.45, 7) is 0.461. The zero-order valence-corrected chi connectivity index (χ0v) is 7.16. The number of alkyl carbamates (subject to hydrolysis) is 1. The van der Waals surface area contributed by atoms with Crippen LogP contribution in [-0.2, 0) is 9.47 Å². The SMILES string of the molecule is O=C(NC1CC1)OC1=CCOC=C1. The van der Waals surface area contributed by atoms with E-state index >= 15 is 0 Å². The van der Waals surface area contributed by atoms with Gasteiger partial charge in [-0.3, -0.25) is 0 Å². The van der Waals surface area contributed by atoms with E-state index in [-0.39, 0.29) is 6.09 Å². The minimum atomic E-state index is -0.375. The highest BCUT2D eigenvalue weighted by atomic mass is 16.6. The number of amides is 1. The molecule has 0 bridgehead atoms. The Hall–Kier alpha value is -1.45. The fourth-order valence-corrected chi connectivity index (χ4v) is 0.976. The van der Waals surface area contributed by atoms with E-state index in [1.54, 1.807) is 12.2 Å². The molecule has 70 valence electrons. The zero-order chi connectivity index (χ0) is 9.10. The molecule has 1 heterocycles. The van der Waals surface area contributed by atoms with E-state index in [0.29, 0.717) is 18.4 Å². The summed E-state index contributed by atoms with van der Waals surface area (Å²) in [4.78, 5) is 11.1. The van der Waals surface area contributed by atoms with Crippen LogP contribution in [0.25, 0.3) is 0 Å². The first-order chi connectivity index (χ1) is 6.34. The quantitative estimate of drug-likeness (QED) is 0.698. The van der Waals surface area contributed by atoms with E-state index in [1.807, 2.05) is 0 Å². The van der Waals surface area contributed by atoms with E-state index < -0.39 is 0 Å². The van der Waals surface area contributed by atoms with Gasteiger partial charge in [-0.25, -0.2) is 4.79 Å². The van der Waals surface area contributed by atoms with Crippen LogP contribution in [0.4, 0.5) is 4.79 Å². The molecule has 2 aliphatic rings. The van der Waals surface area contributed by atoms with Crippen LogP contribution in [0.2, 0.25) is 0 Å². The van der Waals surface area contributed by atoms with Gasteiger partial charge in [0.2, 0.25) is 0 Å². The first kappa shape index (κ1) is 8.16. The highest BCUT2D eigenvalue weighted by Crippen LogP contribution is 2.19. The van der Waals surface area contributed by atoms with Gasteiger partial charge in [-0.1, -0.05) is 0 Å². The molecule has 0 spiro atoms. The van der Waals surface area contributed by atoms with Crippen molar-refractivity contribution in [2.45, 2.75) is 18.9 Å². The van der Waals surface area contributed by atoms with Gasteiger partial charge < -0.3 is 14.8 Å². The first-order valence-electron chi connectivity index (χ1n) is 4.31. The number of carbonyl (C=O) groups is 1. The van der Waals surface area contributed by atoms with E-state index in [2.05, 4.69) is 5.32 Å². The Morgan fingerprint density at radius 2 is 2.46 bits per heavy atom. The van der Waals surface area contributed by atoms with Gasteiger partial charge in [-0.15, -0.1) is 0 Å². The van der Waals surface area contributed by atoms with Crippen molar-refractivity contribution in [3.8, 4) is 0 Å². The van der Waals surface area contributed by atoms with E-state index in [0.717, 1.165) is 12.8 Å². The molecule has 2 rings (SSSR count). The largest absolute Gasteiger partial charge is 0.497 e. The van der Waals surface area contributed by atoms with Crippen molar-refractivity contribution >= 4 is 6.09 Å². The van der Waals surface area contributed by atoms with Gasteiger partial charge in [0, 0.05) is 12.1 Å². The summed E-state index contributed by atoms with van der Waals surface area (Å²) in [6, 6.07) is 0.330. The predicted molar refractivity (Wildman–Crippen MR) is 45.8 cm³/mol. The minimum Gasteiger partial charge on any atom is -0.497 e. The Balaban J connectivity index is 1.78. The number of rotatable bonds is 2. The summed E-state index contributed by atoms with van der Waals surface area (Å²) in [6.07, 6.45) is 6.60. The molecular formula is C9H11NO3. The van der Waals surface area contributed by atoms with Crippen molar-refractivity contribution in [1.82, 2.24) is 5.32 Å². The van der Waals surface area contributed by atoms with Gasteiger partial charge in [0.05, 0.1) is 6.26 Å². The molecule has 4 heteroatoms. The summed E-state index contributed by atoms with van der Waals surface area (Å²) >= 11 is 0. The Kier molecular flexibility index (Phi) is 2.21. The second kappa shape index (κ2) is 3.51. The van der Waals surface area contributed by atoms with Crippen LogP contribution >= 0.6 is 0 Å². The second-order valence-electron chi connectivity index (χ2n) is 3.05. The maximum Gasteiger partial charge on any atom is 0.412 e. The highest BCUT2D eigenvalue weighted by molar-refractivity contribution is 5.69. The minimum absolute atomic E-state index is 0.330. The summed E-state index contributed by atoms with van der Waals surface area (Å²) in [5, 5.41) is 2.72. The smallest absolute Gasteiger partial charge is 0.412 e. The zero-order valence-electron chi connectivity index (χ0n) is 7.16. The van der Waals surface area contributed by atoms with Crippen molar-refractivity contribution in [2.24, 2.45) is 0 Å². The molecule has 4 nitrogen and oxygen atoms in total. The third kappa shape index (κ3) is 2.50. The Labute approximate surface area is 76.2 Å². The molecule has 0 atom stereocenters. The number of nitrogens with one attached hydrogen (secondary N) is 1. The van der Waals surface area contributed by atoms with Gasteiger partial charge in [0.1, 0.15) is 12.4 Å². The van der Waals surface area contributed by atoms with Crippen LogP contribution in [-0.4, -0.2) is 18.7 Å². The normalized spacial score (nSPS) is 20.2. The number of allylic oxidation sites excluding steroid dienone is 1. The third-order valence-corrected chi connectivity index (χ3v) is 1.82. The lowest BCUT2D eigenvalue weighted by Gasteiger charge is -2.08. The molecule has 0 aromatic heterocycles. The number of ether oxygens (including phenoxy) is 2. The lowest BCUT2D eigenvalue weighted by Crippen LogP contribution is -2.26. The lowest BCUT2D eigenvalue weighted by molar-refractivity contribution is 0.174. The molecule has 0 aromatic carbocycles. The number of hydrogen-bond acceptors (Lipinski definition) is 3. The van der Waals surface area contributed by atoms with Gasteiger partial charge in [0.25, 0.3) is 0 Å². The topological polar surface area (TPSA) is 47.6 Å². The van der Waals surface area contributed by atoms with E-state index in [9.17, 15) is 4.79 Å². The van der Waals surface area contributed by atoms with Gasteiger partial charge >= 0.3 is 6.09 Å². The van der Waals surface area contributed by atoms with Crippen molar-refractivity contribution in [1.29, 1.82) is 0 Å². The van der Waals surface area contributed by atoms with Gasteiger partial charge in [-0.2, -0.15) is 0 Å². The molecule has 1 aliphatic carbocycles. The number of hydrogen-bond donors (Lipinski definition) is 1.